The van der Waals surface area contributed by atoms with Gasteiger partial charge < -0.3 is 0 Å². The third kappa shape index (κ3) is 1.02. The summed E-state index contributed by atoms with van der Waals surface area (Å²) in [5, 5.41) is 10.9. The zero-order chi connectivity index (χ0) is 11.4. The zero-order valence-corrected chi connectivity index (χ0v) is 8.77. The van der Waals surface area contributed by atoms with Crippen molar-refractivity contribution in [1.82, 2.24) is 5.43 Å². The van der Waals surface area contributed by atoms with Crippen molar-refractivity contribution in [3.8, 4) is 0 Å². The summed E-state index contributed by atoms with van der Waals surface area (Å²) in [4.78, 5) is 10.6. The van der Waals surface area contributed by atoms with E-state index in [0.717, 1.165) is 24.8 Å². The van der Waals surface area contributed by atoms with Gasteiger partial charge >= 0.3 is 0 Å². The highest BCUT2D eigenvalue weighted by atomic mass is 16.6. The minimum atomic E-state index is -0.293. The molecule has 0 saturated heterocycles. The van der Waals surface area contributed by atoms with Gasteiger partial charge in [-0.05, 0) is 19.3 Å². The van der Waals surface area contributed by atoms with Crippen molar-refractivity contribution in [2.45, 2.75) is 30.2 Å². The molecule has 4 rings (SSSR count). The van der Waals surface area contributed by atoms with Crippen LogP contribution in [-0.2, 0) is 5.41 Å². The number of nitrogens with two attached hydrogens (primary N) is 1. The Morgan fingerprint density at radius 2 is 1.94 bits per heavy atom. The molecule has 0 aliphatic heterocycles. The Morgan fingerprint density at radius 3 is 2.50 bits per heavy atom. The average Bonchev–Trinajstić information content (AvgIpc) is 2.15. The molecule has 3 N–H and O–H groups in total. The quantitative estimate of drug-likeness (QED) is 0.455. The van der Waals surface area contributed by atoms with Crippen LogP contribution in [0, 0.1) is 10.1 Å². The van der Waals surface area contributed by atoms with Crippen molar-refractivity contribution in [2.75, 3.05) is 0 Å². The summed E-state index contributed by atoms with van der Waals surface area (Å²) in [5.74, 6) is 5.46. The maximum atomic E-state index is 10.9. The Bertz CT molecular complexity index is 452. The van der Waals surface area contributed by atoms with Gasteiger partial charge in [0.1, 0.15) is 0 Å². The first kappa shape index (κ1) is 9.74. The van der Waals surface area contributed by atoms with Gasteiger partial charge in [0, 0.05) is 22.6 Å². The number of nitrogens with one attached hydrogen (secondary N) is 1. The van der Waals surface area contributed by atoms with Crippen LogP contribution >= 0.6 is 0 Å². The van der Waals surface area contributed by atoms with Crippen molar-refractivity contribution in [1.29, 1.82) is 0 Å². The SMILES string of the molecule is NNC12CC(c3ccccc3[N+](=O)[O-])(C1)C2. The molecule has 0 spiro atoms. The third-order valence-corrected chi connectivity index (χ3v) is 4.01. The number of nitro groups is 1. The summed E-state index contributed by atoms with van der Waals surface area (Å²) in [6.07, 6.45) is 2.75. The smallest absolute Gasteiger partial charge is 0.271 e. The van der Waals surface area contributed by atoms with Crippen molar-refractivity contribution in [3.05, 3.63) is 39.9 Å². The van der Waals surface area contributed by atoms with Crippen molar-refractivity contribution in [2.24, 2.45) is 5.84 Å². The van der Waals surface area contributed by atoms with Crippen molar-refractivity contribution < 1.29 is 4.92 Å². The van der Waals surface area contributed by atoms with Gasteiger partial charge in [-0.1, -0.05) is 18.2 Å². The lowest BCUT2D eigenvalue weighted by Crippen LogP contribution is -2.77. The first-order valence-electron chi connectivity index (χ1n) is 5.33. The molecular formula is C11H13N3O2. The van der Waals surface area contributed by atoms with Gasteiger partial charge in [-0.2, -0.15) is 0 Å². The number of hydrogen-bond donors (Lipinski definition) is 2. The van der Waals surface area contributed by atoms with E-state index in [1.165, 1.54) is 0 Å². The van der Waals surface area contributed by atoms with Crippen molar-refractivity contribution in [3.63, 3.8) is 0 Å². The fraction of sp³-hybridized carbons (Fsp3) is 0.455. The van der Waals surface area contributed by atoms with Crippen LogP contribution in [0.1, 0.15) is 24.8 Å². The molecule has 0 radical (unpaired) electrons. The second-order valence-electron chi connectivity index (χ2n) is 5.01. The molecular weight excluding hydrogens is 206 g/mol. The molecule has 0 atom stereocenters. The van der Waals surface area contributed by atoms with E-state index < -0.39 is 0 Å². The molecule has 16 heavy (non-hydrogen) atoms. The molecule has 5 nitrogen and oxygen atoms in total. The Labute approximate surface area is 92.8 Å². The fourth-order valence-electron chi connectivity index (χ4n) is 3.31. The van der Waals surface area contributed by atoms with Gasteiger partial charge in [-0.25, -0.2) is 0 Å². The van der Waals surface area contributed by atoms with E-state index in [0.29, 0.717) is 0 Å². The van der Waals surface area contributed by atoms with Crippen LogP contribution < -0.4 is 11.3 Å². The summed E-state index contributed by atoms with van der Waals surface area (Å²) in [7, 11) is 0. The molecule has 1 aromatic rings. The average molecular weight is 219 g/mol. The highest BCUT2D eigenvalue weighted by molar-refractivity contribution is 5.52. The van der Waals surface area contributed by atoms with E-state index in [-0.39, 0.29) is 21.6 Å². The van der Waals surface area contributed by atoms with Crippen LogP contribution in [-0.4, -0.2) is 10.5 Å². The first-order chi connectivity index (χ1) is 7.61. The lowest BCUT2D eigenvalue weighted by atomic mass is 9.37. The van der Waals surface area contributed by atoms with Crippen LogP contribution in [0.25, 0.3) is 0 Å². The first-order valence-corrected chi connectivity index (χ1v) is 5.33. The number of benzene rings is 1. The second-order valence-corrected chi connectivity index (χ2v) is 5.01. The van der Waals surface area contributed by atoms with Gasteiger partial charge in [0.2, 0.25) is 0 Å². The monoisotopic (exact) mass is 219 g/mol. The molecule has 2 bridgehead atoms. The molecule has 5 heteroatoms. The fourth-order valence-corrected chi connectivity index (χ4v) is 3.31. The van der Waals surface area contributed by atoms with Gasteiger partial charge in [-0.15, -0.1) is 0 Å². The van der Waals surface area contributed by atoms with Crippen LogP contribution in [0.2, 0.25) is 0 Å². The topological polar surface area (TPSA) is 81.2 Å². The number of para-hydroxylation sites is 1. The van der Waals surface area contributed by atoms with E-state index in [2.05, 4.69) is 5.43 Å². The molecule has 0 heterocycles. The van der Waals surface area contributed by atoms with Crippen LogP contribution in [0.5, 0.6) is 0 Å². The van der Waals surface area contributed by atoms with E-state index in [1.807, 2.05) is 12.1 Å². The minimum absolute atomic E-state index is 0.00995. The second kappa shape index (κ2) is 2.81. The summed E-state index contributed by atoms with van der Waals surface area (Å²) in [5.41, 5.74) is 4.00. The molecule has 3 saturated carbocycles. The normalized spacial score (nSPS) is 35.1. The summed E-state index contributed by atoms with van der Waals surface area (Å²) in [6.45, 7) is 0. The summed E-state index contributed by atoms with van der Waals surface area (Å²) >= 11 is 0. The molecule has 3 aliphatic carbocycles. The van der Waals surface area contributed by atoms with Crippen LogP contribution in [0.15, 0.2) is 24.3 Å². The molecule has 3 aliphatic rings. The number of nitro benzene ring substituents is 1. The highest BCUT2D eigenvalue weighted by Gasteiger charge is 2.69. The molecule has 1 aromatic carbocycles. The van der Waals surface area contributed by atoms with Gasteiger partial charge in [-0.3, -0.25) is 21.4 Å². The maximum absolute atomic E-state index is 10.9. The number of hydrogen-bond acceptors (Lipinski definition) is 4. The Morgan fingerprint density at radius 1 is 1.31 bits per heavy atom. The number of hydrazine groups is 1. The Balaban J connectivity index is 1.95. The van der Waals surface area contributed by atoms with Gasteiger partial charge in [0.15, 0.2) is 0 Å². The van der Waals surface area contributed by atoms with Crippen molar-refractivity contribution >= 4 is 5.69 Å². The standard InChI is InChI=1S/C11H13N3O2/c12-13-11-5-10(6-11,7-11)8-3-1-2-4-9(8)14(15)16/h1-4,13H,5-7,12H2. The lowest BCUT2D eigenvalue weighted by Gasteiger charge is -2.70. The summed E-state index contributed by atoms with van der Waals surface area (Å²) < 4.78 is 0. The van der Waals surface area contributed by atoms with Gasteiger partial charge in [0.25, 0.3) is 5.69 Å². The van der Waals surface area contributed by atoms with E-state index in [1.54, 1.807) is 12.1 Å². The van der Waals surface area contributed by atoms with Crippen LogP contribution in [0.4, 0.5) is 5.69 Å². The molecule has 0 aromatic heterocycles. The number of nitrogens with zero attached hydrogens (tertiary/aromatic N) is 1. The predicted octanol–water partition coefficient (Wildman–Crippen LogP) is 1.23. The third-order valence-electron chi connectivity index (χ3n) is 4.01. The zero-order valence-electron chi connectivity index (χ0n) is 8.77. The molecule has 84 valence electrons. The Kier molecular flexibility index (Phi) is 1.71. The molecule has 0 unspecified atom stereocenters. The number of rotatable bonds is 3. The largest absolute Gasteiger partial charge is 0.273 e. The summed E-state index contributed by atoms with van der Waals surface area (Å²) in [6, 6.07) is 7.03. The van der Waals surface area contributed by atoms with Crippen LogP contribution in [0.3, 0.4) is 0 Å². The van der Waals surface area contributed by atoms with Gasteiger partial charge in [0.05, 0.1) is 4.92 Å². The Hall–Kier alpha value is -1.46. The minimum Gasteiger partial charge on any atom is -0.271 e. The lowest BCUT2D eigenvalue weighted by molar-refractivity contribution is -0.387. The molecule has 3 fully saturated rings. The van der Waals surface area contributed by atoms with E-state index in [9.17, 15) is 10.1 Å². The molecule has 0 amide bonds. The predicted molar refractivity (Wildman–Crippen MR) is 58.7 cm³/mol. The van der Waals surface area contributed by atoms with E-state index in [4.69, 9.17) is 5.84 Å². The van der Waals surface area contributed by atoms with E-state index >= 15 is 0 Å². The maximum Gasteiger partial charge on any atom is 0.273 e. The highest BCUT2D eigenvalue weighted by Crippen LogP contribution is 2.68.